The number of rotatable bonds is 4. The summed E-state index contributed by atoms with van der Waals surface area (Å²) in [5.74, 6) is -0.149. The first-order valence-electron chi connectivity index (χ1n) is 8.21. The number of hydrogen-bond acceptors (Lipinski definition) is 6. The molecule has 5 N–H and O–H groups in total. The number of fused-ring (bicyclic) bond motifs is 2. The van der Waals surface area contributed by atoms with Crippen LogP contribution in [0.5, 0.6) is 0 Å². The van der Waals surface area contributed by atoms with E-state index in [1.165, 1.54) is 15.7 Å². The third-order valence-corrected chi connectivity index (χ3v) is 6.90. The summed E-state index contributed by atoms with van der Waals surface area (Å²) >= 11 is 7.36. The number of imidazole rings is 1. The van der Waals surface area contributed by atoms with Crippen LogP contribution in [0.2, 0.25) is 5.15 Å². The van der Waals surface area contributed by atoms with Crippen molar-refractivity contribution in [1.29, 1.82) is 5.41 Å². The largest absolute Gasteiger partial charge is 0.369 e. The summed E-state index contributed by atoms with van der Waals surface area (Å²) in [6.07, 6.45) is 2.38. The fourth-order valence-corrected chi connectivity index (χ4v) is 5.73. The summed E-state index contributed by atoms with van der Waals surface area (Å²) in [7, 11) is -3.96. The van der Waals surface area contributed by atoms with Crippen molar-refractivity contribution in [1.82, 2.24) is 14.8 Å². The van der Waals surface area contributed by atoms with E-state index >= 15 is 0 Å². The molecule has 2 aromatic heterocycles. The van der Waals surface area contributed by atoms with E-state index in [0.717, 1.165) is 17.5 Å². The van der Waals surface area contributed by atoms with E-state index in [-0.39, 0.29) is 22.1 Å². The Bertz CT molecular complexity index is 1230. The van der Waals surface area contributed by atoms with Gasteiger partial charge >= 0.3 is 0 Å². The number of thiazole rings is 1. The Balaban J connectivity index is 1.70. The van der Waals surface area contributed by atoms with Gasteiger partial charge in [-0.25, -0.2) is 10.4 Å². The number of halogens is 1. The molecule has 1 aromatic carbocycles. The number of nitrogens with zero attached hydrogens (tertiary/aromatic N) is 3. The van der Waals surface area contributed by atoms with Crippen LogP contribution < -0.4 is 15.9 Å². The van der Waals surface area contributed by atoms with E-state index in [1.54, 1.807) is 23.7 Å². The molecule has 4 rings (SSSR count). The average Bonchev–Trinajstić information content (AvgIpc) is 3.24. The van der Waals surface area contributed by atoms with Crippen LogP contribution in [0.4, 0.5) is 5.69 Å². The summed E-state index contributed by atoms with van der Waals surface area (Å²) in [6.45, 7) is 2.00. The second-order valence-electron chi connectivity index (χ2n) is 6.37. The number of hydrazone groups is 1. The Labute approximate surface area is 169 Å². The van der Waals surface area contributed by atoms with Gasteiger partial charge in [0.15, 0.2) is 15.1 Å². The Morgan fingerprint density at radius 2 is 2.29 bits per heavy atom. The first-order chi connectivity index (χ1) is 13.3. The van der Waals surface area contributed by atoms with Gasteiger partial charge in [-0.05, 0) is 24.1 Å². The maximum atomic E-state index is 12.9. The molecule has 0 bridgehead atoms. The summed E-state index contributed by atoms with van der Waals surface area (Å²) in [4.78, 5) is 4.57. The molecule has 0 radical (unpaired) electrons. The molecule has 1 aliphatic rings. The van der Waals surface area contributed by atoms with Gasteiger partial charge in [-0.1, -0.05) is 24.6 Å². The van der Waals surface area contributed by atoms with Gasteiger partial charge in [0.05, 0.1) is 5.71 Å². The molecule has 1 atom stereocenters. The van der Waals surface area contributed by atoms with Gasteiger partial charge in [-0.15, -0.1) is 11.3 Å². The topological polar surface area (TPSA) is 138 Å². The molecule has 0 amide bonds. The molecule has 28 heavy (non-hydrogen) atoms. The number of hydrogen-bond donors (Lipinski definition) is 4. The molecule has 2 heterocycles. The summed E-state index contributed by atoms with van der Waals surface area (Å²) < 4.78 is 29.8. The standard InChI is InChI=1S/C16H16ClN7O2S2/c1-8-6-9-2-3-10(7-11(9)12(8)21-22-15(18)19)23-28(25,26)14-13(17)20-16-24(14)4-5-27-16/h2-5,7-8,23H,6H2,1H3,(H4,18,19,22)/b21-12+. The van der Waals surface area contributed by atoms with Crippen LogP contribution in [-0.2, 0) is 16.4 Å². The molecule has 0 fully saturated rings. The van der Waals surface area contributed by atoms with Crippen molar-refractivity contribution in [3.8, 4) is 0 Å². The van der Waals surface area contributed by atoms with Crippen molar-refractivity contribution >= 4 is 55.3 Å². The van der Waals surface area contributed by atoms with Crippen LogP contribution in [0.25, 0.3) is 4.96 Å². The van der Waals surface area contributed by atoms with Gasteiger partial charge < -0.3 is 5.73 Å². The lowest BCUT2D eigenvalue weighted by Crippen LogP contribution is -2.27. The lowest BCUT2D eigenvalue weighted by molar-refractivity contribution is 0.596. The number of aromatic nitrogens is 2. The number of guanidine groups is 1. The van der Waals surface area contributed by atoms with Crippen molar-refractivity contribution in [3.63, 3.8) is 0 Å². The maximum Gasteiger partial charge on any atom is 0.281 e. The third-order valence-electron chi connectivity index (χ3n) is 4.36. The molecule has 0 aliphatic heterocycles. The van der Waals surface area contributed by atoms with Crippen LogP contribution >= 0.6 is 22.9 Å². The fraction of sp³-hybridized carbons (Fsp3) is 0.188. The summed E-state index contributed by atoms with van der Waals surface area (Å²) in [6, 6.07) is 5.28. The second-order valence-corrected chi connectivity index (χ2v) is 9.20. The molecule has 3 aromatic rings. The lowest BCUT2D eigenvalue weighted by atomic mass is 10.1. The number of benzene rings is 1. The molecule has 0 saturated carbocycles. The summed E-state index contributed by atoms with van der Waals surface area (Å²) in [5, 5.41) is 13.0. The van der Waals surface area contributed by atoms with Crippen molar-refractivity contribution in [2.75, 3.05) is 4.72 Å². The first kappa shape index (κ1) is 18.7. The van der Waals surface area contributed by atoms with E-state index < -0.39 is 10.0 Å². The van der Waals surface area contributed by atoms with Crippen molar-refractivity contribution < 1.29 is 8.42 Å². The monoisotopic (exact) mass is 437 g/mol. The van der Waals surface area contributed by atoms with Crippen LogP contribution in [0, 0.1) is 11.3 Å². The Hall–Kier alpha value is -2.63. The molecule has 1 unspecified atom stereocenters. The smallest absolute Gasteiger partial charge is 0.281 e. The van der Waals surface area contributed by atoms with E-state index in [0.29, 0.717) is 16.4 Å². The molecule has 146 valence electrons. The SMILES string of the molecule is CC1Cc2ccc(NS(=O)(=O)c3c(Cl)nc4sccn34)cc2/C1=N/NC(=N)N. The Morgan fingerprint density at radius 1 is 1.50 bits per heavy atom. The highest BCUT2D eigenvalue weighted by atomic mass is 35.5. The van der Waals surface area contributed by atoms with E-state index in [2.05, 4.69) is 20.2 Å². The minimum atomic E-state index is -3.96. The normalized spacial score (nSPS) is 17.8. The molecule has 0 spiro atoms. The van der Waals surface area contributed by atoms with Gasteiger partial charge in [-0.3, -0.25) is 14.5 Å². The number of anilines is 1. The predicted molar refractivity (Wildman–Crippen MR) is 110 cm³/mol. The quantitative estimate of drug-likeness (QED) is 0.281. The number of nitrogens with two attached hydrogens (primary N) is 1. The Morgan fingerprint density at radius 3 is 3.04 bits per heavy atom. The maximum absolute atomic E-state index is 12.9. The molecule has 9 nitrogen and oxygen atoms in total. The minimum Gasteiger partial charge on any atom is -0.369 e. The second kappa shape index (κ2) is 6.76. The average molecular weight is 438 g/mol. The van der Waals surface area contributed by atoms with Gasteiger partial charge in [0, 0.05) is 28.7 Å². The highest BCUT2D eigenvalue weighted by Gasteiger charge is 2.28. The zero-order valence-electron chi connectivity index (χ0n) is 14.6. The highest BCUT2D eigenvalue weighted by molar-refractivity contribution is 7.92. The fourth-order valence-electron chi connectivity index (χ4n) is 3.22. The molecule has 12 heteroatoms. The van der Waals surface area contributed by atoms with Gasteiger partial charge in [-0.2, -0.15) is 13.5 Å². The summed E-state index contributed by atoms with van der Waals surface area (Å²) in [5.41, 5.74) is 10.7. The number of sulfonamides is 1. The highest BCUT2D eigenvalue weighted by Crippen LogP contribution is 2.31. The van der Waals surface area contributed by atoms with Crippen LogP contribution in [0.3, 0.4) is 0 Å². The van der Waals surface area contributed by atoms with E-state index in [1.807, 2.05) is 13.0 Å². The molecule has 0 saturated heterocycles. The minimum absolute atomic E-state index is 0.0814. The zero-order chi connectivity index (χ0) is 20.1. The van der Waals surface area contributed by atoms with Crippen LogP contribution in [-0.4, -0.2) is 29.5 Å². The zero-order valence-corrected chi connectivity index (χ0v) is 17.0. The van der Waals surface area contributed by atoms with Crippen LogP contribution in [0.15, 0.2) is 39.9 Å². The molecule has 1 aliphatic carbocycles. The number of nitrogens with one attached hydrogen (secondary N) is 3. The van der Waals surface area contributed by atoms with Gasteiger partial charge in [0.25, 0.3) is 10.0 Å². The van der Waals surface area contributed by atoms with Crippen LogP contribution in [0.1, 0.15) is 18.1 Å². The van der Waals surface area contributed by atoms with Crippen molar-refractivity contribution in [3.05, 3.63) is 46.1 Å². The van der Waals surface area contributed by atoms with E-state index in [4.69, 9.17) is 22.7 Å². The van der Waals surface area contributed by atoms with Crippen molar-refractivity contribution in [2.24, 2.45) is 16.8 Å². The third kappa shape index (κ3) is 3.21. The van der Waals surface area contributed by atoms with Crippen molar-refractivity contribution in [2.45, 2.75) is 18.4 Å². The Kier molecular flexibility index (Phi) is 4.52. The van der Waals surface area contributed by atoms with Gasteiger partial charge in [0.2, 0.25) is 5.96 Å². The van der Waals surface area contributed by atoms with E-state index in [9.17, 15) is 8.42 Å². The molecular weight excluding hydrogens is 422 g/mol. The molecular formula is C16H16ClN7O2S2. The predicted octanol–water partition coefficient (Wildman–Crippen LogP) is 2.23. The van der Waals surface area contributed by atoms with Gasteiger partial charge in [0.1, 0.15) is 0 Å². The first-order valence-corrected chi connectivity index (χ1v) is 10.9. The lowest BCUT2D eigenvalue weighted by Gasteiger charge is -2.10.